The topological polar surface area (TPSA) is 35.5 Å². The van der Waals surface area contributed by atoms with Gasteiger partial charge in [-0.15, -0.1) is 0 Å². The van der Waals surface area contributed by atoms with Crippen LogP contribution in [0.4, 0.5) is 0 Å². The number of rotatable bonds is 3. The van der Waals surface area contributed by atoms with Crippen molar-refractivity contribution in [2.45, 2.75) is 90.8 Å². The summed E-state index contributed by atoms with van der Waals surface area (Å²) >= 11 is 0. The Balaban J connectivity index is 1.45. The molecule has 6 atom stereocenters. The number of hydrogen-bond acceptors (Lipinski definition) is 3. The number of carbonyl (C=O) groups excluding carboxylic acids is 1. The van der Waals surface area contributed by atoms with E-state index in [1.165, 1.54) is 38.5 Å². The summed E-state index contributed by atoms with van der Waals surface area (Å²) in [6, 6.07) is 0. The van der Waals surface area contributed by atoms with Gasteiger partial charge in [0, 0.05) is 24.7 Å². The van der Waals surface area contributed by atoms with Gasteiger partial charge in [-0.05, 0) is 61.2 Å². The number of Topliss-reactive ketones (excluding diaryl/α,β-unsaturated/α-hetero) is 1. The number of fused-ring (bicyclic) bond motifs is 5. The molecule has 0 radical (unpaired) electrons. The fourth-order valence-corrected chi connectivity index (χ4v) is 8.14. The summed E-state index contributed by atoms with van der Waals surface area (Å²) in [5, 5.41) is 0. The number of unbranched alkanes of at least 4 members (excludes halogenated alkanes) is 1. The van der Waals surface area contributed by atoms with E-state index in [-0.39, 0.29) is 16.6 Å². The first kappa shape index (κ1) is 19.3. The molecule has 3 nitrogen and oxygen atoms in total. The van der Waals surface area contributed by atoms with Crippen molar-refractivity contribution in [1.29, 1.82) is 0 Å². The van der Waals surface area contributed by atoms with Crippen LogP contribution < -0.4 is 0 Å². The van der Waals surface area contributed by atoms with E-state index in [0.29, 0.717) is 23.5 Å². The van der Waals surface area contributed by atoms with E-state index in [0.717, 1.165) is 44.8 Å². The molecule has 1 heterocycles. The molecule has 3 unspecified atom stereocenters. The van der Waals surface area contributed by atoms with Crippen LogP contribution in [0.3, 0.4) is 0 Å². The van der Waals surface area contributed by atoms with E-state index in [4.69, 9.17) is 9.47 Å². The highest BCUT2D eigenvalue weighted by Crippen LogP contribution is 2.66. The van der Waals surface area contributed by atoms with Crippen molar-refractivity contribution in [3.63, 3.8) is 0 Å². The van der Waals surface area contributed by atoms with Crippen molar-refractivity contribution < 1.29 is 14.3 Å². The van der Waals surface area contributed by atoms with Crippen LogP contribution in [0.1, 0.15) is 85.0 Å². The normalized spacial score (nSPS) is 46.8. The van der Waals surface area contributed by atoms with Crippen LogP contribution in [0.15, 0.2) is 11.6 Å². The standard InChI is InChI=1S/C25H38O3/c1-4-5-6-17-15-21(26)24(3)10-9-20-19(22(17)24)8-7-18-16-25(27-13-14-28-25)12-11-23(18,20)2/h7,17,19-20,22H,4-6,8-16H2,1-3H3/t17-,19?,20?,22?,23-,24+/m0/s1. The van der Waals surface area contributed by atoms with Crippen LogP contribution in [0.25, 0.3) is 0 Å². The summed E-state index contributed by atoms with van der Waals surface area (Å²) in [4.78, 5) is 13.1. The lowest BCUT2D eigenvalue weighted by molar-refractivity contribution is -0.185. The molecule has 0 aromatic rings. The van der Waals surface area contributed by atoms with Crippen molar-refractivity contribution in [1.82, 2.24) is 0 Å². The summed E-state index contributed by atoms with van der Waals surface area (Å²) in [6.45, 7) is 8.62. The minimum absolute atomic E-state index is 0.0468. The van der Waals surface area contributed by atoms with Crippen molar-refractivity contribution in [2.75, 3.05) is 13.2 Å². The second-order valence-corrected chi connectivity index (χ2v) is 10.9. The fourth-order valence-electron chi connectivity index (χ4n) is 8.14. The first-order valence-electron chi connectivity index (χ1n) is 11.9. The van der Waals surface area contributed by atoms with Crippen LogP contribution in [0.5, 0.6) is 0 Å². The summed E-state index contributed by atoms with van der Waals surface area (Å²) < 4.78 is 12.1. The predicted molar refractivity (Wildman–Crippen MR) is 110 cm³/mol. The maximum atomic E-state index is 13.1. The molecule has 1 spiro atoms. The molecule has 156 valence electrons. The van der Waals surface area contributed by atoms with Gasteiger partial charge in [0.1, 0.15) is 5.78 Å². The Labute approximate surface area is 170 Å². The monoisotopic (exact) mass is 386 g/mol. The quantitative estimate of drug-likeness (QED) is 0.586. The van der Waals surface area contributed by atoms with Crippen molar-refractivity contribution in [3.05, 3.63) is 11.6 Å². The lowest BCUT2D eigenvalue weighted by atomic mass is 9.47. The first-order valence-corrected chi connectivity index (χ1v) is 11.9. The zero-order valence-electron chi connectivity index (χ0n) is 18.1. The van der Waals surface area contributed by atoms with Crippen LogP contribution in [-0.4, -0.2) is 24.8 Å². The summed E-state index contributed by atoms with van der Waals surface area (Å²) in [7, 11) is 0. The average molecular weight is 387 g/mol. The molecule has 0 N–H and O–H groups in total. The Kier molecular flexibility index (Phi) is 4.60. The zero-order valence-corrected chi connectivity index (χ0v) is 18.1. The van der Waals surface area contributed by atoms with Gasteiger partial charge in [0.25, 0.3) is 0 Å². The highest BCUT2D eigenvalue weighted by molar-refractivity contribution is 5.87. The maximum absolute atomic E-state index is 13.1. The Bertz CT molecular complexity index is 675. The van der Waals surface area contributed by atoms with E-state index >= 15 is 0 Å². The van der Waals surface area contributed by atoms with Gasteiger partial charge in [-0.1, -0.05) is 45.3 Å². The molecule has 5 rings (SSSR count). The minimum atomic E-state index is -0.325. The number of carbonyl (C=O) groups is 1. The molecule has 3 saturated carbocycles. The third-order valence-corrected chi connectivity index (χ3v) is 9.70. The first-order chi connectivity index (χ1) is 13.4. The third kappa shape index (κ3) is 2.64. The number of ketones is 1. The van der Waals surface area contributed by atoms with Gasteiger partial charge in [-0.2, -0.15) is 0 Å². The molecule has 0 aromatic carbocycles. The summed E-state index contributed by atoms with van der Waals surface area (Å²) in [5.41, 5.74) is 1.83. The summed E-state index contributed by atoms with van der Waals surface area (Å²) in [6.07, 6.45) is 13.9. The second kappa shape index (κ2) is 6.67. The molecule has 4 aliphatic carbocycles. The van der Waals surface area contributed by atoms with Gasteiger partial charge in [-0.3, -0.25) is 4.79 Å². The zero-order chi connectivity index (χ0) is 19.6. The number of hydrogen-bond donors (Lipinski definition) is 0. The smallest absolute Gasteiger partial charge is 0.172 e. The lowest BCUT2D eigenvalue weighted by Gasteiger charge is -2.58. The molecular formula is C25H38O3. The van der Waals surface area contributed by atoms with E-state index in [2.05, 4.69) is 26.8 Å². The molecular weight excluding hydrogens is 348 g/mol. The summed E-state index contributed by atoms with van der Waals surface area (Å²) in [5.74, 6) is 2.91. The molecule has 0 aromatic heterocycles. The molecule has 0 bridgehead atoms. The van der Waals surface area contributed by atoms with Crippen LogP contribution in [0, 0.1) is 34.5 Å². The van der Waals surface area contributed by atoms with Gasteiger partial charge in [-0.25, -0.2) is 0 Å². The van der Waals surface area contributed by atoms with Gasteiger partial charge >= 0.3 is 0 Å². The van der Waals surface area contributed by atoms with Crippen molar-refractivity contribution in [3.8, 4) is 0 Å². The minimum Gasteiger partial charge on any atom is -0.347 e. The molecule has 0 amide bonds. The molecule has 5 aliphatic rings. The fraction of sp³-hybridized carbons (Fsp3) is 0.880. The molecule has 4 fully saturated rings. The van der Waals surface area contributed by atoms with Crippen molar-refractivity contribution in [2.24, 2.45) is 34.5 Å². The predicted octanol–water partition coefficient (Wildman–Crippen LogP) is 5.68. The average Bonchev–Trinajstić information content (AvgIpc) is 3.23. The van der Waals surface area contributed by atoms with E-state index in [1.54, 1.807) is 5.57 Å². The van der Waals surface area contributed by atoms with Crippen molar-refractivity contribution >= 4 is 5.78 Å². The Morgan fingerprint density at radius 2 is 1.89 bits per heavy atom. The second-order valence-electron chi connectivity index (χ2n) is 10.9. The Morgan fingerprint density at radius 3 is 2.64 bits per heavy atom. The highest BCUT2D eigenvalue weighted by Gasteiger charge is 2.62. The van der Waals surface area contributed by atoms with E-state index < -0.39 is 0 Å². The van der Waals surface area contributed by atoms with Gasteiger partial charge in [0.05, 0.1) is 13.2 Å². The maximum Gasteiger partial charge on any atom is 0.172 e. The lowest BCUT2D eigenvalue weighted by Crippen LogP contribution is -2.53. The Hall–Kier alpha value is -0.670. The molecule has 28 heavy (non-hydrogen) atoms. The van der Waals surface area contributed by atoms with Crippen LogP contribution >= 0.6 is 0 Å². The highest BCUT2D eigenvalue weighted by atomic mass is 16.7. The van der Waals surface area contributed by atoms with Crippen LogP contribution in [-0.2, 0) is 14.3 Å². The number of ether oxygens (including phenoxy) is 2. The number of allylic oxidation sites excluding steroid dienone is 1. The molecule has 1 saturated heterocycles. The van der Waals surface area contributed by atoms with E-state index in [1.807, 2.05) is 0 Å². The van der Waals surface area contributed by atoms with Crippen LogP contribution in [0.2, 0.25) is 0 Å². The third-order valence-electron chi connectivity index (χ3n) is 9.70. The SMILES string of the molecule is CCCC[C@H]1CC(=O)[C@@]2(C)CCC3C(CC=C4CC5(CC[C@@]43C)OCCO5)C12. The Morgan fingerprint density at radius 1 is 1.11 bits per heavy atom. The van der Waals surface area contributed by atoms with Gasteiger partial charge < -0.3 is 9.47 Å². The van der Waals surface area contributed by atoms with Gasteiger partial charge in [0.2, 0.25) is 0 Å². The molecule has 1 aliphatic heterocycles. The van der Waals surface area contributed by atoms with E-state index in [9.17, 15) is 4.79 Å². The molecule has 3 heteroatoms. The largest absolute Gasteiger partial charge is 0.347 e. The van der Waals surface area contributed by atoms with Gasteiger partial charge in [0.15, 0.2) is 5.79 Å².